The summed E-state index contributed by atoms with van der Waals surface area (Å²) in [5, 5.41) is 0. The van der Waals surface area contributed by atoms with E-state index in [0.717, 1.165) is 12.1 Å². The lowest BCUT2D eigenvalue weighted by molar-refractivity contribution is 0.307. The summed E-state index contributed by atoms with van der Waals surface area (Å²) in [6.45, 7) is 0. The molecule has 0 aromatic heterocycles. The van der Waals surface area contributed by atoms with Gasteiger partial charge in [-0.3, -0.25) is 9.79 Å². The van der Waals surface area contributed by atoms with Crippen LogP contribution in [0.4, 0.5) is 8.39 Å². The van der Waals surface area contributed by atoms with E-state index in [2.05, 4.69) is 9.05 Å². The van der Waals surface area contributed by atoms with Crippen molar-refractivity contribution in [1.82, 2.24) is 0 Å². The standard InChI is InChI=1S/C6H6F2O6P2/c7-15(9,10)13-5-3-1-2-4-6(5)14-16(8,11)12/h1-4H,(H,9,10)(H,11,12). The van der Waals surface area contributed by atoms with Crippen molar-refractivity contribution in [1.29, 1.82) is 0 Å². The van der Waals surface area contributed by atoms with Gasteiger partial charge in [0.2, 0.25) is 0 Å². The molecular formula is C6H6F2O6P2. The quantitative estimate of drug-likeness (QED) is 0.819. The second-order valence-electron chi connectivity index (χ2n) is 2.53. The van der Waals surface area contributed by atoms with Gasteiger partial charge in [-0.05, 0) is 12.1 Å². The molecule has 1 aromatic rings. The third-order valence-corrected chi connectivity index (χ3v) is 2.11. The SMILES string of the molecule is O=P(O)(F)Oc1ccccc1OP(=O)(O)F. The maximum atomic E-state index is 12.3. The van der Waals surface area contributed by atoms with Crippen molar-refractivity contribution in [2.45, 2.75) is 0 Å². The fourth-order valence-corrected chi connectivity index (χ4v) is 1.63. The fourth-order valence-electron chi connectivity index (χ4n) is 0.844. The van der Waals surface area contributed by atoms with Crippen LogP contribution in [0, 0.1) is 0 Å². The molecule has 16 heavy (non-hydrogen) atoms. The topological polar surface area (TPSA) is 93.1 Å². The molecule has 0 amide bonds. The van der Waals surface area contributed by atoms with Crippen LogP contribution in [0.25, 0.3) is 0 Å². The van der Waals surface area contributed by atoms with Gasteiger partial charge in [0, 0.05) is 0 Å². The molecule has 2 N–H and O–H groups in total. The third-order valence-electron chi connectivity index (χ3n) is 1.27. The summed E-state index contributed by atoms with van der Waals surface area (Å²) in [7, 11) is -10.7. The zero-order valence-electron chi connectivity index (χ0n) is 7.49. The summed E-state index contributed by atoms with van der Waals surface area (Å²) in [5.74, 6) is -1.33. The second-order valence-corrected chi connectivity index (χ2v) is 4.70. The lowest BCUT2D eigenvalue weighted by Gasteiger charge is -2.10. The Balaban J connectivity index is 3.01. The minimum absolute atomic E-state index is 0.664. The highest BCUT2D eigenvalue weighted by atomic mass is 31.2. The van der Waals surface area contributed by atoms with Crippen LogP contribution in [0.5, 0.6) is 11.5 Å². The molecule has 6 nitrogen and oxygen atoms in total. The first-order valence-electron chi connectivity index (χ1n) is 3.70. The highest BCUT2D eigenvalue weighted by Crippen LogP contribution is 2.51. The van der Waals surface area contributed by atoms with E-state index in [0.29, 0.717) is 0 Å². The first kappa shape index (κ1) is 13.1. The molecule has 0 saturated heterocycles. The van der Waals surface area contributed by atoms with E-state index in [1.807, 2.05) is 0 Å². The number of para-hydroxylation sites is 2. The Morgan fingerprint density at radius 2 is 1.25 bits per heavy atom. The summed E-state index contributed by atoms with van der Waals surface area (Å²) in [6.07, 6.45) is 0. The van der Waals surface area contributed by atoms with Gasteiger partial charge in [0.05, 0.1) is 0 Å². The van der Waals surface area contributed by atoms with Crippen LogP contribution in [0.1, 0.15) is 0 Å². The number of rotatable bonds is 4. The van der Waals surface area contributed by atoms with Crippen LogP contribution in [-0.2, 0) is 9.13 Å². The van der Waals surface area contributed by atoms with Crippen LogP contribution >= 0.6 is 15.8 Å². The third kappa shape index (κ3) is 4.72. The van der Waals surface area contributed by atoms with Gasteiger partial charge in [0.1, 0.15) is 0 Å². The molecule has 0 fully saturated rings. The van der Waals surface area contributed by atoms with Crippen LogP contribution in [0.15, 0.2) is 24.3 Å². The molecule has 0 saturated carbocycles. The van der Waals surface area contributed by atoms with Crippen LogP contribution < -0.4 is 9.05 Å². The summed E-state index contributed by atoms with van der Waals surface area (Å²) < 4.78 is 53.0. The summed E-state index contributed by atoms with van der Waals surface area (Å²) >= 11 is 0. The van der Waals surface area contributed by atoms with Gasteiger partial charge in [0.25, 0.3) is 0 Å². The Bertz CT molecular complexity index is 423. The van der Waals surface area contributed by atoms with Gasteiger partial charge >= 0.3 is 15.8 Å². The number of hydrogen-bond donors (Lipinski definition) is 2. The Morgan fingerprint density at radius 3 is 1.50 bits per heavy atom. The molecule has 0 aliphatic heterocycles. The van der Waals surface area contributed by atoms with E-state index in [9.17, 15) is 17.5 Å². The van der Waals surface area contributed by atoms with Crippen LogP contribution in [0.3, 0.4) is 0 Å². The minimum Gasteiger partial charge on any atom is -0.397 e. The zero-order valence-corrected chi connectivity index (χ0v) is 9.28. The Labute approximate surface area is 88.7 Å². The van der Waals surface area contributed by atoms with E-state index >= 15 is 0 Å². The highest BCUT2D eigenvalue weighted by Gasteiger charge is 2.26. The van der Waals surface area contributed by atoms with E-state index in [-0.39, 0.29) is 0 Å². The average molecular weight is 274 g/mol. The number of benzene rings is 1. The molecule has 1 rings (SSSR count). The van der Waals surface area contributed by atoms with Gasteiger partial charge < -0.3 is 9.05 Å². The molecular weight excluding hydrogens is 268 g/mol. The Hall–Kier alpha value is -0.940. The van der Waals surface area contributed by atoms with E-state index < -0.39 is 27.3 Å². The molecule has 0 radical (unpaired) electrons. The van der Waals surface area contributed by atoms with Gasteiger partial charge in [-0.2, -0.15) is 0 Å². The molecule has 0 heterocycles. The van der Waals surface area contributed by atoms with Gasteiger partial charge in [0.15, 0.2) is 11.5 Å². The maximum Gasteiger partial charge on any atom is 0.567 e. The van der Waals surface area contributed by atoms with Gasteiger partial charge in [-0.15, -0.1) is 8.39 Å². The van der Waals surface area contributed by atoms with Gasteiger partial charge in [-0.25, -0.2) is 9.13 Å². The molecule has 0 bridgehead atoms. The monoisotopic (exact) mass is 274 g/mol. The molecule has 10 heteroatoms. The molecule has 2 atom stereocenters. The van der Waals surface area contributed by atoms with Crippen molar-refractivity contribution in [2.24, 2.45) is 0 Å². The van der Waals surface area contributed by atoms with Crippen LogP contribution in [0.2, 0.25) is 0 Å². The van der Waals surface area contributed by atoms with Crippen molar-refractivity contribution in [3.05, 3.63) is 24.3 Å². The number of hydrogen-bond acceptors (Lipinski definition) is 4. The van der Waals surface area contributed by atoms with Crippen molar-refractivity contribution in [2.75, 3.05) is 0 Å². The lowest BCUT2D eigenvalue weighted by atomic mass is 10.3. The van der Waals surface area contributed by atoms with Crippen molar-refractivity contribution >= 4 is 15.8 Å². The first-order chi connectivity index (χ1) is 7.17. The predicted molar refractivity (Wildman–Crippen MR) is 49.6 cm³/mol. The van der Waals surface area contributed by atoms with Crippen LogP contribution in [-0.4, -0.2) is 9.79 Å². The van der Waals surface area contributed by atoms with Crippen molar-refractivity contribution < 1.29 is 36.4 Å². The van der Waals surface area contributed by atoms with Crippen molar-refractivity contribution in [3.8, 4) is 11.5 Å². The molecule has 90 valence electrons. The fraction of sp³-hybridized carbons (Fsp3) is 0. The molecule has 0 aliphatic rings. The first-order valence-corrected chi connectivity index (χ1v) is 6.64. The summed E-state index contributed by atoms with van der Waals surface area (Å²) in [5.41, 5.74) is 0. The van der Waals surface area contributed by atoms with E-state index in [1.54, 1.807) is 0 Å². The normalized spacial score (nSPS) is 18.2. The van der Waals surface area contributed by atoms with E-state index in [1.165, 1.54) is 12.1 Å². The van der Waals surface area contributed by atoms with E-state index in [4.69, 9.17) is 9.79 Å². The zero-order chi connectivity index (χ0) is 12.4. The predicted octanol–water partition coefficient (Wildman–Crippen LogP) is 2.58. The lowest BCUT2D eigenvalue weighted by Crippen LogP contribution is -1.92. The highest BCUT2D eigenvalue weighted by molar-refractivity contribution is 7.47. The Morgan fingerprint density at radius 1 is 0.938 bits per heavy atom. The smallest absolute Gasteiger partial charge is 0.397 e. The molecule has 0 spiro atoms. The average Bonchev–Trinajstić information content (AvgIpc) is 2.03. The second kappa shape index (κ2) is 4.51. The molecule has 1 aromatic carbocycles. The van der Waals surface area contributed by atoms with Crippen molar-refractivity contribution in [3.63, 3.8) is 0 Å². The minimum atomic E-state index is -5.35. The maximum absolute atomic E-state index is 12.3. The molecule has 2 unspecified atom stereocenters. The summed E-state index contributed by atoms with van der Waals surface area (Å²) in [4.78, 5) is 16.6. The van der Waals surface area contributed by atoms with Gasteiger partial charge in [-0.1, -0.05) is 12.1 Å². The largest absolute Gasteiger partial charge is 0.567 e. The number of halogens is 2. The summed E-state index contributed by atoms with van der Waals surface area (Å²) in [6, 6.07) is 4.46. The Kier molecular flexibility index (Phi) is 3.70. The molecule has 0 aliphatic carbocycles.